The molecule has 1 aromatic heterocycles. The van der Waals surface area contributed by atoms with Crippen LogP contribution in [0.15, 0.2) is 12.1 Å². The van der Waals surface area contributed by atoms with Gasteiger partial charge in [0.05, 0.1) is 12.1 Å². The summed E-state index contributed by atoms with van der Waals surface area (Å²) in [7, 11) is 1.94. The topological polar surface area (TPSA) is 49.2 Å². The second-order valence-corrected chi connectivity index (χ2v) is 4.63. The number of aliphatic hydroxyl groups is 1. The van der Waals surface area contributed by atoms with Gasteiger partial charge in [0, 0.05) is 7.05 Å². The maximum absolute atomic E-state index is 9.94. The Morgan fingerprint density at radius 2 is 2.06 bits per heavy atom. The molecule has 16 heavy (non-hydrogen) atoms. The maximum atomic E-state index is 9.94. The fourth-order valence-corrected chi connectivity index (χ4v) is 2.31. The molecule has 0 radical (unpaired) electrons. The van der Waals surface area contributed by atoms with Gasteiger partial charge in [-0.1, -0.05) is 24.4 Å². The molecule has 1 heterocycles. The summed E-state index contributed by atoms with van der Waals surface area (Å²) in [5.41, 5.74) is 0. The Bertz CT molecular complexity index is 344. The van der Waals surface area contributed by atoms with Crippen LogP contribution in [-0.2, 0) is 0 Å². The van der Waals surface area contributed by atoms with E-state index < -0.39 is 0 Å². The van der Waals surface area contributed by atoms with E-state index in [0.29, 0.717) is 5.15 Å². The van der Waals surface area contributed by atoms with E-state index in [1.165, 1.54) is 0 Å². The van der Waals surface area contributed by atoms with Crippen LogP contribution < -0.4 is 4.90 Å². The zero-order chi connectivity index (χ0) is 11.5. The van der Waals surface area contributed by atoms with E-state index in [0.717, 1.165) is 31.5 Å². The van der Waals surface area contributed by atoms with E-state index >= 15 is 0 Å². The number of aromatic nitrogens is 2. The van der Waals surface area contributed by atoms with Gasteiger partial charge in [-0.3, -0.25) is 0 Å². The lowest BCUT2D eigenvalue weighted by molar-refractivity contribution is 0.106. The number of likely N-dealkylation sites (N-methyl/N-ethyl adjacent to an activating group) is 1. The summed E-state index contributed by atoms with van der Waals surface area (Å²) >= 11 is 5.69. The van der Waals surface area contributed by atoms with Gasteiger partial charge in [0.1, 0.15) is 0 Å². The molecule has 1 saturated carbocycles. The van der Waals surface area contributed by atoms with Crippen LogP contribution >= 0.6 is 11.6 Å². The van der Waals surface area contributed by atoms with Gasteiger partial charge >= 0.3 is 0 Å². The van der Waals surface area contributed by atoms with Crippen LogP contribution in [0.3, 0.4) is 0 Å². The van der Waals surface area contributed by atoms with Crippen LogP contribution in [0.5, 0.6) is 0 Å². The highest BCUT2D eigenvalue weighted by atomic mass is 35.5. The Morgan fingerprint density at radius 3 is 2.69 bits per heavy atom. The van der Waals surface area contributed by atoms with Crippen molar-refractivity contribution in [3.8, 4) is 0 Å². The molecule has 2 rings (SSSR count). The van der Waals surface area contributed by atoms with Crippen molar-refractivity contribution in [2.24, 2.45) is 0 Å². The Labute approximate surface area is 100 Å². The zero-order valence-corrected chi connectivity index (χ0v) is 10.1. The van der Waals surface area contributed by atoms with Gasteiger partial charge in [-0.05, 0) is 25.0 Å². The third-order valence-corrected chi connectivity index (χ3v) is 3.37. The van der Waals surface area contributed by atoms with Crippen LogP contribution in [0.1, 0.15) is 25.7 Å². The number of halogens is 1. The van der Waals surface area contributed by atoms with Gasteiger partial charge < -0.3 is 10.0 Å². The number of aliphatic hydroxyl groups excluding tert-OH is 1. The molecule has 88 valence electrons. The quantitative estimate of drug-likeness (QED) is 0.859. The standard InChI is InChI=1S/C11H16ClN3O/c1-15(8-4-2-3-5-9(8)16)11-7-6-10(12)13-14-11/h6-9,16H,2-5H2,1H3. The Morgan fingerprint density at radius 1 is 1.31 bits per heavy atom. The average molecular weight is 242 g/mol. The fourth-order valence-electron chi connectivity index (χ4n) is 2.21. The van der Waals surface area contributed by atoms with Gasteiger partial charge in [-0.15, -0.1) is 10.2 Å². The fraction of sp³-hybridized carbons (Fsp3) is 0.636. The molecule has 0 bridgehead atoms. The highest BCUT2D eigenvalue weighted by Crippen LogP contribution is 2.25. The molecule has 0 spiro atoms. The zero-order valence-electron chi connectivity index (χ0n) is 9.30. The smallest absolute Gasteiger partial charge is 0.151 e. The predicted octanol–water partition coefficient (Wildman–Crippen LogP) is 1.87. The molecule has 1 N–H and O–H groups in total. The number of hydrogen-bond acceptors (Lipinski definition) is 4. The number of rotatable bonds is 2. The monoisotopic (exact) mass is 241 g/mol. The van der Waals surface area contributed by atoms with Gasteiger partial charge in [-0.2, -0.15) is 0 Å². The van der Waals surface area contributed by atoms with Gasteiger partial charge in [0.15, 0.2) is 11.0 Å². The second kappa shape index (κ2) is 4.97. The van der Waals surface area contributed by atoms with Crippen LogP contribution in [0, 0.1) is 0 Å². The van der Waals surface area contributed by atoms with Crippen molar-refractivity contribution in [3.05, 3.63) is 17.3 Å². The molecule has 1 fully saturated rings. The van der Waals surface area contributed by atoms with Gasteiger partial charge in [0.25, 0.3) is 0 Å². The number of hydrogen-bond donors (Lipinski definition) is 1. The van der Waals surface area contributed by atoms with Gasteiger partial charge in [0.2, 0.25) is 0 Å². The highest BCUT2D eigenvalue weighted by molar-refractivity contribution is 6.29. The van der Waals surface area contributed by atoms with Crippen molar-refractivity contribution in [3.63, 3.8) is 0 Å². The second-order valence-electron chi connectivity index (χ2n) is 4.24. The summed E-state index contributed by atoms with van der Waals surface area (Å²) in [4.78, 5) is 1.99. The molecule has 0 amide bonds. The van der Waals surface area contributed by atoms with Gasteiger partial charge in [-0.25, -0.2) is 0 Å². The molecule has 0 aliphatic heterocycles. The lowest BCUT2D eigenvalue weighted by Gasteiger charge is -2.35. The number of nitrogens with zero attached hydrogens (tertiary/aromatic N) is 3. The first-order valence-electron chi connectivity index (χ1n) is 5.58. The van der Waals surface area contributed by atoms with E-state index in [4.69, 9.17) is 11.6 Å². The third kappa shape index (κ3) is 2.44. The Kier molecular flexibility index (Phi) is 3.61. The van der Waals surface area contributed by atoms with E-state index in [1.807, 2.05) is 18.0 Å². The molecule has 2 atom stereocenters. The number of anilines is 1. The summed E-state index contributed by atoms with van der Waals surface area (Å²) < 4.78 is 0. The van der Waals surface area contributed by atoms with Crippen molar-refractivity contribution in [2.75, 3.05) is 11.9 Å². The summed E-state index contributed by atoms with van der Waals surface area (Å²) in [6.07, 6.45) is 3.87. The van der Waals surface area contributed by atoms with Crippen molar-refractivity contribution >= 4 is 17.4 Å². The van der Waals surface area contributed by atoms with Crippen LogP contribution in [0.25, 0.3) is 0 Å². The Hall–Kier alpha value is -0.870. The van der Waals surface area contributed by atoms with Crippen molar-refractivity contribution in [1.82, 2.24) is 10.2 Å². The minimum Gasteiger partial charge on any atom is -0.391 e. The predicted molar refractivity (Wildman–Crippen MR) is 63.7 cm³/mol. The molecule has 4 nitrogen and oxygen atoms in total. The van der Waals surface area contributed by atoms with Crippen LogP contribution in [0.2, 0.25) is 5.15 Å². The average Bonchev–Trinajstić information content (AvgIpc) is 2.30. The molecule has 1 aromatic rings. The summed E-state index contributed by atoms with van der Waals surface area (Å²) in [6, 6.07) is 3.69. The molecule has 1 aliphatic carbocycles. The minimum absolute atomic E-state index is 0.143. The first kappa shape index (κ1) is 11.6. The van der Waals surface area contributed by atoms with Crippen molar-refractivity contribution < 1.29 is 5.11 Å². The van der Waals surface area contributed by atoms with Crippen LogP contribution in [-0.4, -0.2) is 34.5 Å². The summed E-state index contributed by atoms with van der Waals surface area (Å²) in [5, 5.41) is 18.2. The van der Waals surface area contributed by atoms with E-state index in [-0.39, 0.29) is 12.1 Å². The highest BCUT2D eigenvalue weighted by Gasteiger charge is 2.27. The maximum Gasteiger partial charge on any atom is 0.151 e. The van der Waals surface area contributed by atoms with Crippen LogP contribution in [0.4, 0.5) is 5.82 Å². The van der Waals surface area contributed by atoms with E-state index in [2.05, 4.69) is 10.2 Å². The lowest BCUT2D eigenvalue weighted by Crippen LogP contribution is -2.43. The normalized spacial score (nSPS) is 25.4. The molecular formula is C11H16ClN3O. The summed E-state index contributed by atoms with van der Waals surface area (Å²) in [6.45, 7) is 0. The van der Waals surface area contributed by atoms with E-state index in [9.17, 15) is 5.11 Å². The SMILES string of the molecule is CN(c1ccc(Cl)nn1)C1CCCCC1O. The van der Waals surface area contributed by atoms with Crippen molar-refractivity contribution in [2.45, 2.75) is 37.8 Å². The third-order valence-electron chi connectivity index (χ3n) is 3.17. The minimum atomic E-state index is -0.267. The molecular weight excluding hydrogens is 226 g/mol. The molecule has 0 aromatic carbocycles. The first-order chi connectivity index (χ1) is 7.68. The molecule has 2 unspecified atom stereocenters. The van der Waals surface area contributed by atoms with E-state index in [1.54, 1.807) is 6.07 Å². The lowest BCUT2D eigenvalue weighted by atomic mass is 9.91. The molecule has 5 heteroatoms. The molecule has 1 aliphatic rings. The Balaban J connectivity index is 2.11. The summed E-state index contributed by atoms with van der Waals surface area (Å²) in [5.74, 6) is 0.760. The molecule has 0 saturated heterocycles. The van der Waals surface area contributed by atoms with Crippen molar-refractivity contribution in [1.29, 1.82) is 0 Å². The first-order valence-corrected chi connectivity index (χ1v) is 5.96. The largest absolute Gasteiger partial charge is 0.391 e.